The van der Waals surface area contributed by atoms with Gasteiger partial charge in [0.25, 0.3) is 11.8 Å². The Hall–Kier alpha value is -4.11. The summed E-state index contributed by atoms with van der Waals surface area (Å²) in [5, 5.41) is 2.22. The third-order valence-electron chi connectivity index (χ3n) is 6.36. The summed E-state index contributed by atoms with van der Waals surface area (Å²) in [6.45, 7) is 4.98. The van der Waals surface area contributed by atoms with Crippen LogP contribution in [0.4, 0.5) is 10.5 Å². The molecule has 0 spiro atoms. The van der Waals surface area contributed by atoms with Crippen LogP contribution in [-0.2, 0) is 9.59 Å². The Morgan fingerprint density at radius 2 is 1.62 bits per heavy atom. The van der Waals surface area contributed by atoms with Gasteiger partial charge in [0.1, 0.15) is 24.5 Å². The lowest BCUT2D eigenvalue weighted by molar-refractivity contribution is -0.122. The van der Waals surface area contributed by atoms with Crippen molar-refractivity contribution in [2.24, 2.45) is 0 Å². The monoisotopic (exact) mass is 592 g/mol. The summed E-state index contributed by atoms with van der Waals surface area (Å²) < 4.78 is 17.9. The maximum Gasteiger partial charge on any atom is 0.335 e. The number of nitrogens with zero attached hydrogens (tertiary/aromatic N) is 1. The summed E-state index contributed by atoms with van der Waals surface area (Å²) in [5.41, 5.74) is 1.97. The first-order valence-electron chi connectivity index (χ1n) is 12.5. The average Bonchev–Trinajstić information content (AvgIpc) is 2.94. The first-order chi connectivity index (χ1) is 18.8. The lowest BCUT2D eigenvalue weighted by Gasteiger charge is -2.26. The number of ether oxygens (including phenoxy) is 3. The Kier molecular flexibility index (Phi) is 9.03. The summed E-state index contributed by atoms with van der Waals surface area (Å²) in [4.78, 5) is 38.9. The fourth-order valence-corrected chi connectivity index (χ4v) is 4.25. The molecule has 1 heterocycles. The van der Waals surface area contributed by atoms with E-state index in [9.17, 15) is 14.4 Å². The summed E-state index contributed by atoms with van der Waals surface area (Å²) >= 11 is 3.33. The number of carbonyl (C=O) groups excluding carboxylic acids is 3. The van der Waals surface area contributed by atoms with Gasteiger partial charge in [-0.05, 0) is 78.1 Å². The van der Waals surface area contributed by atoms with E-state index in [0.29, 0.717) is 35.3 Å². The maximum absolute atomic E-state index is 13.1. The van der Waals surface area contributed by atoms with Gasteiger partial charge in [0.15, 0.2) is 11.5 Å². The van der Waals surface area contributed by atoms with Crippen molar-refractivity contribution in [3.63, 3.8) is 0 Å². The minimum atomic E-state index is -0.806. The standard InChI is InChI=1S/C30H29BrN2O6/c1-4-19(2)21-6-12-24(13-7-21)38-15-16-39-26-14-5-20(18-27(26)37-3)17-25-28(34)32-30(36)33(29(25)35)23-10-8-22(31)9-11-23/h5-14,17-19H,4,15-16H2,1-3H3,(H,32,34,36)/b25-17-/t19-/m1/s1. The first kappa shape index (κ1) is 27.9. The third kappa shape index (κ3) is 6.67. The minimum Gasteiger partial charge on any atom is -0.493 e. The molecule has 0 unspecified atom stereocenters. The second kappa shape index (κ2) is 12.6. The molecule has 0 radical (unpaired) electrons. The molecule has 1 saturated heterocycles. The second-order valence-corrected chi connectivity index (χ2v) is 9.84. The Morgan fingerprint density at radius 3 is 2.28 bits per heavy atom. The van der Waals surface area contributed by atoms with Gasteiger partial charge in [0.2, 0.25) is 0 Å². The highest BCUT2D eigenvalue weighted by Crippen LogP contribution is 2.30. The number of imide groups is 2. The molecule has 0 aromatic heterocycles. The number of barbiturate groups is 1. The average molecular weight is 593 g/mol. The SMILES string of the molecule is CC[C@@H](C)c1ccc(OCCOc2ccc(/C=C3/C(=O)NC(=O)N(c4ccc(Br)cc4)C3=O)cc2OC)cc1. The number of amides is 4. The summed E-state index contributed by atoms with van der Waals surface area (Å²) in [6, 6.07) is 18.9. The number of urea groups is 1. The van der Waals surface area contributed by atoms with Gasteiger partial charge in [-0.1, -0.05) is 48.0 Å². The molecule has 4 rings (SSSR count). The zero-order valence-electron chi connectivity index (χ0n) is 21.9. The Labute approximate surface area is 235 Å². The van der Waals surface area contributed by atoms with E-state index in [4.69, 9.17) is 14.2 Å². The van der Waals surface area contributed by atoms with E-state index in [2.05, 4.69) is 47.2 Å². The molecule has 4 amide bonds. The Morgan fingerprint density at radius 1 is 0.923 bits per heavy atom. The Balaban J connectivity index is 1.42. The molecule has 8 nitrogen and oxygen atoms in total. The van der Waals surface area contributed by atoms with Crippen molar-refractivity contribution in [3.8, 4) is 17.2 Å². The number of nitrogens with one attached hydrogen (secondary N) is 1. The van der Waals surface area contributed by atoms with Crippen LogP contribution >= 0.6 is 15.9 Å². The molecule has 3 aromatic carbocycles. The molecule has 1 fully saturated rings. The molecule has 9 heteroatoms. The van der Waals surface area contributed by atoms with Crippen molar-refractivity contribution in [2.75, 3.05) is 25.2 Å². The van der Waals surface area contributed by atoms with Crippen molar-refractivity contribution in [1.29, 1.82) is 0 Å². The second-order valence-electron chi connectivity index (χ2n) is 8.92. The van der Waals surface area contributed by atoms with Crippen LogP contribution in [0.15, 0.2) is 76.8 Å². The molecule has 0 saturated carbocycles. The van der Waals surface area contributed by atoms with E-state index in [1.807, 2.05) is 12.1 Å². The van der Waals surface area contributed by atoms with Gasteiger partial charge in [0.05, 0.1) is 12.8 Å². The maximum atomic E-state index is 13.1. The number of halogens is 1. The van der Waals surface area contributed by atoms with Crippen LogP contribution < -0.4 is 24.4 Å². The van der Waals surface area contributed by atoms with Crippen LogP contribution in [0, 0.1) is 0 Å². The Bertz CT molecular complexity index is 1390. The molecule has 1 atom stereocenters. The molecule has 202 valence electrons. The van der Waals surface area contributed by atoms with Gasteiger partial charge >= 0.3 is 6.03 Å². The van der Waals surface area contributed by atoms with Crippen molar-refractivity contribution < 1.29 is 28.6 Å². The van der Waals surface area contributed by atoms with Crippen LogP contribution in [0.2, 0.25) is 0 Å². The topological polar surface area (TPSA) is 94.2 Å². The molecule has 39 heavy (non-hydrogen) atoms. The zero-order chi connectivity index (χ0) is 27.9. The molecular formula is C30H29BrN2O6. The lowest BCUT2D eigenvalue weighted by Crippen LogP contribution is -2.54. The van der Waals surface area contributed by atoms with Crippen molar-refractivity contribution in [2.45, 2.75) is 26.2 Å². The molecule has 0 aliphatic carbocycles. The quantitative estimate of drug-likeness (QED) is 0.174. The number of methoxy groups -OCH3 is 1. The molecule has 0 bridgehead atoms. The van der Waals surface area contributed by atoms with Gasteiger partial charge in [-0.25, -0.2) is 9.69 Å². The predicted octanol–water partition coefficient (Wildman–Crippen LogP) is 6.10. The molecule has 1 aliphatic rings. The van der Waals surface area contributed by atoms with Crippen LogP contribution in [0.5, 0.6) is 17.2 Å². The normalized spacial score (nSPS) is 15.2. The molecule has 3 aromatic rings. The fourth-order valence-electron chi connectivity index (χ4n) is 3.98. The number of hydrogen-bond donors (Lipinski definition) is 1. The van der Waals surface area contributed by atoms with Crippen LogP contribution in [0.1, 0.15) is 37.3 Å². The van der Waals surface area contributed by atoms with E-state index in [1.165, 1.54) is 18.7 Å². The molecular weight excluding hydrogens is 564 g/mol. The number of anilines is 1. The van der Waals surface area contributed by atoms with E-state index in [0.717, 1.165) is 21.5 Å². The number of benzene rings is 3. The third-order valence-corrected chi connectivity index (χ3v) is 6.88. The smallest absolute Gasteiger partial charge is 0.335 e. The van der Waals surface area contributed by atoms with Gasteiger partial charge in [-0.15, -0.1) is 0 Å². The predicted molar refractivity (Wildman–Crippen MR) is 152 cm³/mol. The number of carbonyl (C=O) groups is 3. The zero-order valence-corrected chi connectivity index (χ0v) is 23.5. The fraction of sp³-hybridized carbons (Fsp3) is 0.233. The number of rotatable bonds is 10. The van der Waals surface area contributed by atoms with Crippen molar-refractivity contribution in [3.05, 3.63) is 87.9 Å². The lowest BCUT2D eigenvalue weighted by atomic mass is 9.99. The van der Waals surface area contributed by atoms with E-state index in [-0.39, 0.29) is 12.2 Å². The van der Waals surface area contributed by atoms with Gasteiger partial charge < -0.3 is 14.2 Å². The first-order valence-corrected chi connectivity index (χ1v) is 13.3. The highest BCUT2D eigenvalue weighted by molar-refractivity contribution is 9.10. The van der Waals surface area contributed by atoms with E-state index in [1.54, 1.807) is 42.5 Å². The largest absolute Gasteiger partial charge is 0.493 e. The summed E-state index contributed by atoms with van der Waals surface area (Å²) in [7, 11) is 1.50. The summed E-state index contributed by atoms with van der Waals surface area (Å²) in [5.74, 6) is 0.692. The highest BCUT2D eigenvalue weighted by atomic mass is 79.9. The van der Waals surface area contributed by atoms with Gasteiger partial charge in [-0.3, -0.25) is 14.9 Å². The van der Waals surface area contributed by atoms with Crippen molar-refractivity contribution >= 4 is 45.5 Å². The molecule has 1 aliphatic heterocycles. The highest BCUT2D eigenvalue weighted by Gasteiger charge is 2.36. The van der Waals surface area contributed by atoms with Crippen LogP contribution in [-0.4, -0.2) is 38.2 Å². The van der Waals surface area contributed by atoms with Crippen molar-refractivity contribution in [1.82, 2.24) is 5.32 Å². The van der Waals surface area contributed by atoms with Gasteiger partial charge in [0, 0.05) is 4.47 Å². The summed E-state index contributed by atoms with van der Waals surface area (Å²) in [6.07, 6.45) is 2.49. The number of hydrogen-bond acceptors (Lipinski definition) is 6. The van der Waals surface area contributed by atoms with E-state index < -0.39 is 17.8 Å². The van der Waals surface area contributed by atoms with Crippen LogP contribution in [0.3, 0.4) is 0 Å². The van der Waals surface area contributed by atoms with Crippen LogP contribution in [0.25, 0.3) is 6.08 Å². The molecule has 1 N–H and O–H groups in total. The van der Waals surface area contributed by atoms with E-state index >= 15 is 0 Å². The van der Waals surface area contributed by atoms with Gasteiger partial charge in [-0.2, -0.15) is 0 Å². The minimum absolute atomic E-state index is 0.180.